The summed E-state index contributed by atoms with van der Waals surface area (Å²) in [5.74, 6) is 1.35. The Labute approximate surface area is 113 Å². The summed E-state index contributed by atoms with van der Waals surface area (Å²) in [5, 5.41) is 3.32. The lowest BCUT2D eigenvalue weighted by Crippen LogP contribution is -2.08. The highest BCUT2D eigenvalue weighted by molar-refractivity contribution is 5.39. The van der Waals surface area contributed by atoms with Gasteiger partial charge in [-0.3, -0.25) is 4.98 Å². The quantitative estimate of drug-likeness (QED) is 0.863. The minimum Gasteiger partial charge on any atom is -0.478 e. The molecule has 2 rings (SSSR count). The highest BCUT2D eigenvalue weighted by Crippen LogP contribution is 2.18. The van der Waals surface area contributed by atoms with Crippen molar-refractivity contribution in [2.24, 2.45) is 0 Å². The third kappa shape index (κ3) is 3.91. The largest absolute Gasteiger partial charge is 0.478 e. The maximum absolute atomic E-state index is 5.48. The van der Waals surface area contributed by atoms with Crippen LogP contribution in [0.4, 0.5) is 5.82 Å². The lowest BCUT2D eigenvalue weighted by Gasteiger charge is -2.14. The van der Waals surface area contributed by atoms with Crippen molar-refractivity contribution in [3.63, 3.8) is 0 Å². The van der Waals surface area contributed by atoms with Crippen molar-refractivity contribution in [3.05, 3.63) is 42.5 Å². The van der Waals surface area contributed by atoms with E-state index in [1.807, 2.05) is 18.2 Å². The van der Waals surface area contributed by atoms with Gasteiger partial charge in [0.1, 0.15) is 12.1 Å². The molecule has 100 valence electrons. The first-order chi connectivity index (χ1) is 9.29. The zero-order valence-corrected chi connectivity index (χ0v) is 11.2. The Balaban J connectivity index is 2.02. The van der Waals surface area contributed by atoms with E-state index in [0.717, 1.165) is 17.8 Å². The van der Waals surface area contributed by atoms with Crippen molar-refractivity contribution < 1.29 is 4.74 Å². The standard InChI is InChI=1S/C14H18N4O/c1-3-8-19-14-9-13(16-10-17-14)18-11(2)12-4-6-15-7-5-12/h4-7,9-11H,3,8H2,1-2H3,(H,16,17,18). The molecule has 0 aliphatic rings. The van der Waals surface area contributed by atoms with Crippen LogP contribution in [0.1, 0.15) is 31.9 Å². The predicted molar refractivity (Wildman–Crippen MR) is 74.1 cm³/mol. The fourth-order valence-corrected chi connectivity index (χ4v) is 1.66. The number of pyridine rings is 1. The van der Waals surface area contributed by atoms with Gasteiger partial charge >= 0.3 is 0 Å². The molecular weight excluding hydrogens is 240 g/mol. The van der Waals surface area contributed by atoms with Gasteiger partial charge in [-0.2, -0.15) is 0 Å². The highest BCUT2D eigenvalue weighted by Gasteiger charge is 2.06. The van der Waals surface area contributed by atoms with E-state index in [2.05, 4.69) is 34.1 Å². The average molecular weight is 258 g/mol. The molecule has 0 saturated carbocycles. The summed E-state index contributed by atoms with van der Waals surface area (Å²) in [6.45, 7) is 4.80. The monoisotopic (exact) mass is 258 g/mol. The Hall–Kier alpha value is -2.17. The Morgan fingerprint density at radius 2 is 2.05 bits per heavy atom. The molecule has 0 saturated heterocycles. The fourth-order valence-electron chi connectivity index (χ4n) is 1.66. The van der Waals surface area contributed by atoms with E-state index in [4.69, 9.17) is 4.74 Å². The average Bonchev–Trinajstić information content (AvgIpc) is 2.46. The van der Waals surface area contributed by atoms with Gasteiger partial charge in [0.05, 0.1) is 12.6 Å². The second-order valence-corrected chi connectivity index (χ2v) is 4.24. The topological polar surface area (TPSA) is 59.9 Å². The minimum atomic E-state index is 0.150. The van der Waals surface area contributed by atoms with E-state index in [1.165, 1.54) is 6.33 Å². The van der Waals surface area contributed by atoms with Gasteiger partial charge in [0, 0.05) is 18.5 Å². The molecule has 2 aromatic rings. The van der Waals surface area contributed by atoms with Gasteiger partial charge in [-0.05, 0) is 31.0 Å². The normalized spacial score (nSPS) is 11.9. The molecule has 0 spiro atoms. The molecule has 5 nitrogen and oxygen atoms in total. The molecule has 5 heteroatoms. The van der Waals surface area contributed by atoms with Crippen LogP contribution in [-0.4, -0.2) is 21.6 Å². The third-order valence-corrected chi connectivity index (χ3v) is 2.67. The molecule has 0 radical (unpaired) electrons. The van der Waals surface area contributed by atoms with Gasteiger partial charge in [-0.1, -0.05) is 6.92 Å². The molecule has 0 bridgehead atoms. The Kier molecular flexibility index (Phi) is 4.66. The van der Waals surface area contributed by atoms with Crippen LogP contribution in [0, 0.1) is 0 Å². The van der Waals surface area contributed by atoms with Gasteiger partial charge in [0.15, 0.2) is 0 Å². The summed E-state index contributed by atoms with van der Waals surface area (Å²) in [6, 6.07) is 5.92. The smallest absolute Gasteiger partial charge is 0.218 e. The van der Waals surface area contributed by atoms with Crippen LogP contribution in [0.15, 0.2) is 36.9 Å². The van der Waals surface area contributed by atoms with Crippen molar-refractivity contribution in [2.45, 2.75) is 26.3 Å². The number of nitrogens with zero attached hydrogens (tertiary/aromatic N) is 3. The summed E-state index contributed by atoms with van der Waals surface area (Å²) in [4.78, 5) is 12.3. The Morgan fingerprint density at radius 1 is 1.26 bits per heavy atom. The first kappa shape index (κ1) is 13.3. The van der Waals surface area contributed by atoms with Crippen LogP contribution in [-0.2, 0) is 0 Å². The molecule has 2 heterocycles. The second kappa shape index (κ2) is 6.68. The van der Waals surface area contributed by atoms with Crippen LogP contribution in [0.2, 0.25) is 0 Å². The second-order valence-electron chi connectivity index (χ2n) is 4.24. The lowest BCUT2D eigenvalue weighted by molar-refractivity contribution is 0.305. The summed E-state index contributed by atoms with van der Waals surface area (Å²) < 4.78 is 5.48. The minimum absolute atomic E-state index is 0.150. The maximum Gasteiger partial charge on any atom is 0.218 e. The fraction of sp³-hybridized carbons (Fsp3) is 0.357. The van der Waals surface area contributed by atoms with Crippen molar-refractivity contribution in [1.29, 1.82) is 0 Å². The lowest BCUT2D eigenvalue weighted by atomic mass is 10.1. The first-order valence-electron chi connectivity index (χ1n) is 6.41. The molecular formula is C14H18N4O. The number of nitrogens with one attached hydrogen (secondary N) is 1. The maximum atomic E-state index is 5.48. The van der Waals surface area contributed by atoms with Crippen LogP contribution >= 0.6 is 0 Å². The van der Waals surface area contributed by atoms with E-state index in [0.29, 0.717) is 12.5 Å². The zero-order chi connectivity index (χ0) is 13.5. The molecule has 1 N–H and O–H groups in total. The Bertz CT molecular complexity index is 504. The Morgan fingerprint density at radius 3 is 2.79 bits per heavy atom. The van der Waals surface area contributed by atoms with E-state index in [9.17, 15) is 0 Å². The van der Waals surface area contributed by atoms with E-state index in [-0.39, 0.29) is 6.04 Å². The molecule has 0 aliphatic carbocycles. The molecule has 1 unspecified atom stereocenters. The van der Waals surface area contributed by atoms with Gasteiger partial charge in [0.2, 0.25) is 5.88 Å². The van der Waals surface area contributed by atoms with Gasteiger partial charge in [-0.15, -0.1) is 0 Å². The van der Waals surface area contributed by atoms with Crippen LogP contribution in [0.25, 0.3) is 0 Å². The number of ether oxygens (including phenoxy) is 1. The van der Waals surface area contributed by atoms with Crippen molar-refractivity contribution in [1.82, 2.24) is 15.0 Å². The highest BCUT2D eigenvalue weighted by atomic mass is 16.5. The predicted octanol–water partition coefficient (Wildman–Crippen LogP) is 2.83. The molecule has 0 fully saturated rings. The zero-order valence-electron chi connectivity index (χ0n) is 11.2. The third-order valence-electron chi connectivity index (χ3n) is 2.67. The van der Waals surface area contributed by atoms with Gasteiger partial charge in [0.25, 0.3) is 0 Å². The summed E-state index contributed by atoms with van der Waals surface area (Å²) in [6.07, 6.45) is 6.03. The summed E-state index contributed by atoms with van der Waals surface area (Å²) in [7, 11) is 0. The molecule has 0 amide bonds. The molecule has 2 aromatic heterocycles. The number of anilines is 1. The van der Waals surface area contributed by atoms with Crippen LogP contribution in [0.3, 0.4) is 0 Å². The summed E-state index contributed by atoms with van der Waals surface area (Å²) >= 11 is 0. The van der Waals surface area contributed by atoms with E-state index < -0.39 is 0 Å². The summed E-state index contributed by atoms with van der Waals surface area (Å²) in [5.41, 5.74) is 1.16. The van der Waals surface area contributed by atoms with Crippen LogP contribution in [0.5, 0.6) is 5.88 Å². The van der Waals surface area contributed by atoms with Gasteiger partial charge < -0.3 is 10.1 Å². The molecule has 0 aliphatic heterocycles. The molecule has 19 heavy (non-hydrogen) atoms. The van der Waals surface area contributed by atoms with Crippen molar-refractivity contribution in [2.75, 3.05) is 11.9 Å². The number of hydrogen-bond donors (Lipinski definition) is 1. The number of aromatic nitrogens is 3. The number of rotatable bonds is 6. The molecule has 1 atom stereocenters. The number of hydrogen-bond acceptors (Lipinski definition) is 5. The van der Waals surface area contributed by atoms with Crippen molar-refractivity contribution in [3.8, 4) is 5.88 Å². The van der Waals surface area contributed by atoms with Crippen molar-refractivity contribution >= 4 is 5.82 Å². The van der Waals surface area contributed by atoms with E-state index >= 15 is 0 Å². The van der Waals surface area contributed by atoms with Crippen LogP contribution < -0.4 is 10.1 Å². The molecule has 0 aromatic carbocycles. The first-order valence-corrected chi connectivity index (χ1v) is 6.41. The van der Waals surface area contributed by atoms with Gasteiger partial charge in [-0.25, -0.2) is 9.97 Å². The van der Waals surface area contributed by atoms with E-state index in [1.54, 1.807) is 12.4 Å². The SMILES string of the molecule is CCCOc1cc(NC(C)c2ccncc2)ncn1.